The van der Waals surface area contributed by atoms with E-state index >= 15 is 0 Å². The van der Waals surface area contributed by atoms with Crippen LogP contribution in [0.5, 0.6) is 0 Å². The molecule has 0 amide bonds. The van der Waals surface area contributed by atoms with E-state index < -0.39 is 11.3 Å². The van der Waals surface area contributed by atoms with Crippen molar-refractivity contribution in [2.45, 2.75) is 42.9 Å². The van der Waals surface area contributed by atoms with Gasteiger partial charge in [-0.25, -0.2) is 13.8 Å². The highest BCUT2D eigenvalue weighted by atomic mass is 32.1. The van der Waals surface area contributed by atoms with Crippen molar-refractivity contribution in [3.05, 3.63) is 16.1 Å². The first-order valence-electron chi connectivity index (χ1n) is 5.58. The summed E-state index contributed by atoms with van der Waals surface area (Å²) in [6.45, 7) is 0.274. The maximum atomic E-state index is 13.0. The van der Waals surface area contributed by atoms with Gasteiger partial charge in [0.25, 0.3) is 0 Å². The van der Waals surface area contributed by atoms with E-state index in [1.165, 1.54) is 12.8 Å². The van der Waals surface area contributed by atoms with Crippen LogP contribution in [0.4, 0.5) is 8.78 Å². The molecular weight excluding hydrogens is 230 g/mol. The van der Waals surface area contributed by atoms with Gasteiger partial charge in [-0.05, 0) is 12.8 Å². The molecule has 0 aliphatic heterocycles. The summed E-state index contributed by atoms with van der Waals surface area (Å²) in [4.78, 5) is 4.51. The minimum absolute atomic E-state index is 0.135. The monoisotopic (exact) mass is 244 g/mol. The van der Waals surface area contributed by atoms with Crippen molar-refractivity contribution in [1.29, 1.82) is 0 Å². The second-order valence-electron chi connectivity index (χ2n) is 5.04. The van der Waals surface area contributed by atoms with Gasteiger partial charge in [-0.1, -0.05) is 0 Å². The first-order valence-corrected chi connectivity index (χ1v) is 6.46. The highest BCUT2D eigenvalue weighted by Crippen LogP contribution is 2.53. The molecule has 3 rings (SSSR count). The zero-order chi connectivity index (χ0) is 11.4. The maximum absolute atomic E-state index is 13.0. The van der Waals surface area contributed by atoms with Crippen LogP contribution in [-0.4, -0.2) is 17.5 Å². The zero-order valence-electron chi connectivity index (χ0n) is 8.88. The Morgan fingerprint density at radius 3 is 2.62 bits per heavy atom. The first-order chi connectivity index (χ1) is 7.55. The van der Waals surface area contributed by atoms with Crippen molar-refractivity contribution in [3.63, 3.8) is 0 Å². The Hall–Kier alpha value is -0.550. The summed E-state index contributed by atoms with van der Waals surface area (Å²) < 4.78 is 26.0. The third-order valence-corrected chi connectivity index (χ3v) is 4.58. The third kappa shape index (κ3) is 1.57. The molecule has 5 heteroatoms. The molecule has 2 aliphatic carbocycles. The molecule has 88 valence electrons. The molecular formula is C11H14F2N2S. The average Bonchev–Trinajstić information content (AvgIpc) is 2.92. The number of hydrogen-bond acceptors (Lipinski definition) is 3. The normalized spacial score (nSPS) is 26.4. The van der Waals surface area contributed by atoms with Gasteiger partial charge >= 0.3 is 0 Å². The van der Waals surface area contributed by atoms with Gasteiger partial charge in [0.1, 0.15) is 0 Å². The SMILES string of the molecule is NCC1(c2csc(C3CC3)n2)CC(F)(F)C1. The van der Waals surface area contributed by atoms with E-state index in [1.54, 1.807) is 11.3 Å². The van der Waals surface area contributed by atoms with Gasteiger partial charge in [0.2, 0.25) is 5.92 Å². The summed E-state index contributed by atoms with van der Waals surface area (Å²) >= 11 is 1.60. The molecule has 0 unspecified atom stereocenters. The Labute approximate surface area is 96.9 Å². The van der Waals surface area contributed by atoms with Gasteiger partial charge in [-0.3, -0.25) is 0 Å². The van der Waals surface area contributed by atoms with E-state index in [-0.39, 0.29) is 19.4 Å². The fraction of sp³-hybridized carbons (Fsp3) is 0.727. The lowest BCUT2D eigenvalue weighted by atomic mass is 9.64. The van der Waals surface area contributed by atoms with Crippen LogP contribution >= 0.6 is 11.3 Å². The molecule has 1 aromatic heterocycles. The van der Waals surface area contributed by atoms with Crippen molar-refractivity contribution in [3.8, 4) is 0 Å². The summed E-state index contributed by atoms with van der Waals surface area (Å²) in [5, 5.41) is 3.04. The molecule has 2 fully saturated rings. The molecule has 16 heavy (non-hydrogen) atoms. The molecule has 0 radical (unpaired) electrons. The summed E-state index contributed by atoms with van der Waals surface area (Å²) in [5.74, 6) is -1.95. The smallest absolute Gasteiger partial charge is 0.250 e. The van der Waals surface area contributed by atoms with Gasteiger partial charge in [-0.2, -0.15) is 0 Å². The molecule has 0 spiro atoms. The Balaban J connectivity index is 1.84. The first kappa shape index (κ1) is 10.6. The van der Waals surface area contributed by atoms with Crippen molar-refractivity contribution in [2.75, 3.05) is 6.54 Å². The predicted molar refractivity (Wildman–Crippen MR) is 59.0 cm³/mol. The lowest BCUT2D eigenvalue weighted by Crippen LogP contribution is -2.53. The van der Waals surface area contributed by atoms with E-state index in [2.05, 4.69) is 4.98 Å². The standard InChI is InChI=1S/C11H14F2N2S/c12-11(13)4-10(5-11,6-14)8-3-16-9(15-8)7-1-2-7/h3,7H,1-2,4-6,14H2. The Morgan fingerprint density at radius 1 is 1.44 bits per heavy atom. The summed E-state index contributed by atoms with van der Waals surface area (Å²) in [6.07, 6.45) is 2.12. The molecule has 0 bridgehead atoms. The number of hydrogen-bond donors (Lipinski definition) is 1. The van der Waals surface area contributed by atoms with E-state index in [1.807, 2.05) is 5.38 Å². The lowest BCUT2D eigenvalue weighted by molar-refractivity contribution is -0.124. The third-order valence-electron chi connectivity index (χ3n) is 3.58. The molecule has 2 N–H and O–H groups in total. The molecule has 0 saturated heterocycles. The Kier molecular flexibility index (Phi) is 2.14. The van der Waals surface area contributed by atoms with Crippen molar-refractivity contribution < 1.29 is 8.78 Å². The van der Waals surface area contributed by atoms with Crippen molar-refractivity contribution in [1.82, 2.24) is 4.98 Å². The van der Waals surface area contributed by atoms with Gasteiger partial charge in [0, 0.05) is 36.1 Å². The van der Waals surface area contributed by atoms with Crippen LogP contribution in [0.25, 0.3) is 0 Å². The lowest BCUT2D eigenvalue weighted by Gasteiger charge is -2.45. The quantitative estimate of drug-likeness (QED) is 0.887. The number of nitrogens with zero attached hydrogens (tertiary/aromatic N) is 1. The molecule has 0 atom stereocenters. The van der Waals surface area contributed by atoms with Crippen LogP contribution in [0.3, 0.4) is 0 Å². The molecule has 1 heterocycles. The number of nitrogens with two attached hydrogens (primary N) is 1. The van der Waals surface area contributed by atoms with Gasteiger partial charge < -0.3 is 5.73 Å². The van der Waals surface area contributed by atoms with Gasteiger partial charge in [-0.15, -0.1) is 11.3 Å². The number of alkyl halides is 2. The second-order valence-corrected chi connectivity index (χ2v) is 5.93. The topological polar surface area (TPSA) is 38.9 Å². The minimum Gasteiger partial charge on any atom is -0.330 e. The molecule has 0 aromatic carbocycles. The van der Waals surface area contributed by atoms with E-state index in [4.69, 9.17) is 5.73 Å². The van der Waals surface area contributed by atoms with Crippen LogP contribution in [0.2, 0.25) is 0 Å². The Morgan fingerprint density at radius 2 is 2.12 bits per heavy atom. The molecule has 2 nitrogen and oxygen atoms in total. The summed E-state index contributed by atoms with van der Waals surface area (Å²) in [7, 11) is 0. The van der Waals surface area contributed by atoms with Crippen molar-refractivity contribution in [2.24, 2.45) is 5.73 Å². The number of thiazole rings is 1. The fourth-order valence-electron chi connectivity index (χ4n) is 2.42. The molecule has 2 aliphatic rings. The van der Waals surface area contributed by atoms with E-state index in [0.29, 0.717) is 5.92 Å². The van der Waals surface area contributed by atoms with Crippen LogP contribution < -0.4 is 5.73 Å². The van der Waals surface area contributed by atoms with E-state index in [0.717, 1.165) is 10.7 Å². The zero-order valence-corrected chi connectivity index (χ0v) is 9.70. The highest BCUT2D eigenvalue weighted by molar-refractivity contribution is 7.09. The average molecular weight is 244 g/mol. The summed E-state index contributed by atoms with van der Waals surface area (Å²) in [5.41, 5.74) is 5.90. The predicted octanol–water partition coefficient (Wildman–Crippen LogP) is 2.65. The largest absolute Gasteiger partial charge is 0.330 e. The van der Waals surface area contributed by atoms with Crippen molar-refractivity contribution >= 4 is 11.3 Å². The number of halogens is 2. The molecule has 2 saturated carbocycles. The highest BCUT2D eigenvalue weighted by Gasteiger charge is 2.57. The number of aromatic nitrogens is 1. The van der Waals surface area contributed by atoms with Crippen LogP contribution in [0.1, 0.15) is 42.3 Å². The van der Waals surface area contributed by atoms with Gasteiger partial charge in [0.05, 0.1) is 10.7 Å². The van der Waals surface area contributed by atoms with Crippen LogP contribution in [0.15, 0.2) is 5.38 Å². The minimum atomic E-state index is -2.54. The maximum Gasteiger partial charge on any atom is 0.250 e. The number of rotatable bonds is 3. The summed E-state index contributed by atoms with van der Waals surface area (Å²) in [6, 6.07) is 0. The van der Waals surface area contributed by atoms with Gasteiger partial charge in [0.15, 0.2) is 0 Å². The Bertz CT molecular complexity index is 404. The van der Waals surface area contributed by atoms with E-state index in [9.17, 15) is 8.78 Å². The molecule has 1 aromatic rings. The second kappa shape index (κ2) is 3.23. The van der Waals surface area contributed by atoms with Crippen LogP contribution in [0, 0.1) is 0 Å². The fourth-order valence-corrected chi connectivity index (χ4v) is 3.53. The van der Waals surface area contributed by atoms with Crippen LogP contribution in [-0.2, 0) is 5.41 Å².